The second-order valence-electron chi connectivity index (χ2n) is 7.71. The number of benzene rings is 2. The Morgan fingerprint density at radius 1 is 1.11 bits per heavy atom. The zero-order valence-corrected chi connectivity index (χ0v) is 16.4. The summed E-state index contributed by atoms with van der Waals surface area (Å²) in [6.07, 6.45) is 0.308. The summed E-state index contributed by atoms with van der Waals surface area (Å²) >= 11 is 0. The molecule has 0 spiro atoms. The molecule has 2 amide bonds. The third-order valence-electron chi connectivity index (χ3n) is 5.12. The maximum Gasteiger partial charge on any atom is 0.228 e. The van der Waals surface area contributed by atoms with E-state index in [1.807, 2.05) is 79.1 Å². The number of rotatable bonds is 6. The van der Waals surface area contributed by atoms with Crippen LogP contribution in [-0.2, 0) is 22.7 Å². The summed E-state index contributed by atoms with van der Waals surface area (Å²) in [7, 11) is 0. The lowest BCUT2D eigenvalue weighted by molar-refractivity contribution is -0.138. The second kappa shape index (κ2) is 8.38. The number of amides is 2. The van der Waals surface area contributed by atoms with E-state index < -0.39 is 0 Å². The average molecular weight is 364 g/mol. The minimum atomic E-state index is -0.256. The van der Waals surface area contributed by atoms with Crippen molar-refractivity contribution < 1.29 is 9.59 Å². The van der Waals surface area contributed by atoms with Crippen LogP contribution in [0.2, 0.25) is 0 Å². The molecular weight excluding hydrogens is 336 g/mol. The highest BCUT2D eigenvalue weighted by atomic mass is 16.2. The molecule has 4 heteroatoms. The van der Waals surface area contributed by atoms with Gasteiger partial charge in [0.15, 0.2) is 0 Å². The van der Waals surface area contributed by atoms with Gasteiger partial charge in [-0.25, -0.2) is 0 Å². The van der Waals surface area contributed by atoms with E-state index in [9.17, 15) is 9.59 Å². The Morgan fingerprint density at radius 2 is 1.81 bits per heavy atom. The van der Waals surface area contributed by atoms with Crippen molar-refractivity contribution >= 4 is 11.8 Å². The van der Waals surface area contributed by atoms with Crippen molar-refractivity contribution in [2.75, 3.05) is 6.54 Å². The minimum Gasteiger partial charge on any atom is -0.338 e. The van der Waals surface area contributed by atoms with E-state index in [2.05, 4.69) is 6.07 Å². The molecule has 1 unspecified atom stereocenters. The highest BCUT2D eigenvalue weighted by Crippen LogP contribution is 2.24. The molecule has 2 aromatic rings. The average Bonchev–Trinajstić information content (AvgIpc) is 3.00. The van der Waals surface area contributed by atoms with Crippen molar-refractivity contribution in [1.82, 2.24) is 9.80 Å². The Balaban J connectivity index is 1.67. The van der Waals surface area contributed by atoms with Gasteiger partial charge in [-0.3, -0.25) is 9.59 Å². The van der Waals surface area contributed by atoms with Gasteiger partial charge in [0.05, 0.1) is 5.92 Å². The summed E-state index contributed by atoms with van der Waals surface area (Å²) in [4.78, 5) is 29.3. The topological polar surface area (TPSA) is 40.6 Å². The minimum absolute atomic E-state index is 0.0678. The molecule has 0 N–H and O–H groups in total. The van der Waals surface area contributed by atoms with E-state index in [0.29, 0.717) is 26.1 Å². The number of carbonyl (C=O) groups is 2. The van der Waals surface area contributed by atoms with Gasteiger partial charge in [0.2, 0.25) is 11.8 Å². The van der Waals surface area contributed by atoms with Crippen molar-refractivity contribution in [3.8, 4) is 0 Å². The maximum absolute atomic E-state index is 13.1. The van der Waals surface area contributed by atoms with E-state index in [0.717, 1.165) is 11.1 Å². The number of carbonyl (C=O) groups excluding carboxylic acids is 2. The lowest BCUT2D eigenvalue weighted by Gasteiger charge is -2.29. The molecule has 0 aliphatic carbocycles. The van der Waals surface area contributed by atoms with E-state index in [1.54, 1.807) is 0 Å². The number of aryl methyl sites for hydroxylation is 1. The Labute approximate surface area is 161 Å². The monoisotopic (exact) mass is 364 g/mol. The molecule has 2 aromatic carbocycles. The summed E-state index contributed by atoms with van der Waals surface area (Å²) in [5, 5.41) is 0. The quantitative estimate of drug-likeness (QED) is 0.783. The van der Waals surface area contributed by atoms with Gasteiger partial charge >= 0.3 is 0 Å². The molecule has 0 aromatic heterocycles. The Hall–Kier alpha value is -2.62. The Bertz CT molecular complexity index is 801. The van der Waals surface area contributed by atoms with Crippen LogP contribution in [0.15, 0.2) is 54.6 Å². The maximum atomic E-state index is 13.1. The van der Waals surface area contributed by atoms with Gasteiger partial charge in [-0.15, -0.1) is 0 Å². The summed E-state index contributed by atoms with van der Waals surface area (Å²) in [5.74, 6) is -0.111. The fourth-order valence-electron chi connectivity index (χ4n) is 3.65. The first-order chi connectivity index (χ1) is 12.9. The Kier molecular flexibility index (Phi) is 5.94. The van der Waals surface area contributed by atoms with Crippen LogP contribution >= 0.6 is 0 Å². The molecule has 1 aliphatic rings. The summed E-state index contributed by atoms with van der Waals surface area (Å²) in [5.41, 5.74) is 3.41. The second-order valence-corrected chi connectivity index (χ2v) is 7.71. The molecule has 27 heavy (non-hydrogen) atoms. The van der Waals surface area contributed by atoms with Crippen LogP contribution in [0.3, 0.4) is 0 Å². The molecule has 1 atom stereocenters. The first kappa shape index (κ1) is 19.2. The van der Waals surface area contributed by atoms with Crippen LogP contribution in [0.25, 0.3) is 0 Å². The van der Waals surface area contributed by atoms with Crippen molar-refractivity contribution in [2.24, 2.45) is 5.92 Å². The van der Waals surface area contributed by atoms with Gasteiger partial charge in [0, 0.05) is 32.1 Å². The molecule has 3 rings (SSSR count). The van der Waals surface area contributed by atoms with Crippen LogP contribution in [0, 0.1) is 12.8 Å². The van der Waals surface area contributed by atoms with E-state index >= 15 is 0 Å². The van der Waals surface area contributed by atoms with Crippen molar-refractivity contribution in [3.63, 3.8) is 0 Å². The lowest BCUT2D eigenvalue weighted by atomic mass is 10.1. The summed E-state index contributed by atoms with van der Waals surface area (Å²) < 4.78 is 0. The van der Waals surface area contributed by atoms with Gasteiger partial charge in [-0.1, -0.05) is 60.2 Å². The van der Waals surface area contributed by atoms with Gasteiger partial charge in [0.1, 0.15) is 0 Å². The molecular formula is C23H28N2O2. The normalized spacial score (nSPS) is 16.8. The van der Waals surface area contributed by atoms with Crippen molar-refractivity contribution in [3.05, 3.63) is 71.3 Å². The molecule has 0 radical (unpaired) electrons. The predicted molar refractivity (Wildman–Crippen MR) is 107 cm³/mol. The van der Waals surface area contributed by atoms with Crippen LogP contribution < -0.4 is 0 Å². The van der Waals surface area contributed by atoms with E-state index in [-0.39, 0.29) is 23.8 Å². The molecule has 0 bridgehead atoms. The number of hydrogen-bond acceptors (Lipinski definition) is 2. The number of likely N-dealkylation sites (tertiary alicyclic amines) is 1. The van der Waals surface area contributed by atoms with Crippen molar-refractivity contribution in [1.29, 1.82) is 0 Å². The molecule has 1 saturated heterocycles. The predicted octanol–water partition coefficient (Wildman–Crippen LogP) is 3.78. The van der Waals surface area contributed by atoms with Crippen LogP contribution in [0.1, 0.15) is 37.0 Å². The number of nitrogens with zero attached hydrogens (tertiary/aromatic N) is 2. The van der Waals surface area contributed by atoms with Crippen LogP contribution in [0.4, 0.5) is 0 Å². The summed E-state index contributed by atoms with van der Waals surface area (Å²) in [6, 6.07) is 18.3. The van der Waals surface area contributed by atoms with Gasteiger partial charge in [-0.05, 0) is 31.9 Å². The smallest absolute Gasteiger partial charge is 0.228 e. The van der Waals surface area contributed by atoms with E-state index in [1.165, 1.54) is 5.56 Å². The fourth-order valence-corrected chi connectivity index (χ4v) is 3.65. The third kappa shape index (κ3) is 4.76. The first-order valence-corrected chi connectivity index (χ1v) is 9.61. The van der Waals surface area contributed by atoms with Gasteiger partial charge < -0.3 is 9.80 Å². The van der Waals surface area contributed by atoms with Crippen LogP contribution in [0.5, 0.6) is 0 Å². The lowest BCUT2D eigenvalue weighted by Crippen LogP contribution is -2.41. The first-order valence-electron chi connectivity index (χ1n) is 9.61. The van der Waals surface area contributed by atoms with Gasteiger partial charge in [0.25, 0.3) is 0 Å². The summed E-state index contributed by atoms with van der Waals surface area (Å²) in [6.45, 7) is 7.77. The third-order valence-corrected chi connectivity index (χ3v) is 5.12. The molecule has 1 aliphatic heterocycles. The largest absolute Gasteiger partial charge is 0.338 e. The molecule has 1 fully saturated rings. The standard InChI is InChI=1S/C23H28N2O2/c1-17(2)25(15-19-9-5-4-6-10-19)23(27)21-13-22(26)24(16-21)14-20-11-7-8-18(3)12-20/h4-12,17,21H,13-16H2,1-3H3. The highest BCUT2D eigenvalue weighted by molar-refractivity contribution is 5.89. The Morgan fingerprint density at radius 3 is 2.48 bits per heavy atom. The molecule has 142 valence electrons. The zero-order valence-electron chi connectivity index (χ0n) is 16.4. The van der Waals surface area contributed by atoms with Crippen molar-refractivity contribution in [2.45, 2.75) is 46.3 Å². The SMILES string of the molecule is Cc1cccc(CN2CC(C(=O)N(Cc3ccccc3)C(C)C)CC2=O)c1. The molecule has 1 heterocycles. The van der Waals surface area contributed by atoms with Crippen LogP contribution in [-0.4, -0.2) is 34.2 Å². The highest BCUT2D eigenvalue weighted by Gasteiger charge is 2.37. The number of hydrogen-bond donors (Lipinski definition) is 0. The van der Waals surface area contributed by atoms with E-state index in [4.69, 9.17) is 0 Å². The molecule has 0 saturated carbocycles. The van der Waals surface area contributed by atoms with Gasteiger partial charge in [-0.2, -0.15) is 0 Å². The molecule has 4 nitrogen and oxygen atoms in total. The zero-order chi connectivity index (χ0) is 19.4. The fraction of sp³-hybridized carbons (Fsp3) is 0.391.